The number of pyridine rings is 1. The third-order valence-corrected chi connectivity index (χ3v) is 4.52. The zero-order valence-electron chi connectivity index (χ0n) is 13.8. The van der Waals surface area contributed by atoms with Gasteiger partial charge in [0, 0.05) is 13.1 Å². The van der Waals surface area contributed by atoms with E-state index in [0.29, 0.717) is 18.1 Å². The standard InChI is InChI=1S/C18H17N5OS/c1-2-23(11-13-6-4-3-5-7-13)16(24)12-25-18-15(10-20)8-14(9-19)17(21)22-18/h3-8H,2,11-12H2,1H3,(H2,21,22). The number of hydrogen-bond acceptors (Lipinski definition) is 6. The highest BCUT2D eigenvalue weighted by Crippen LogP contribution is 2.24. The van der Waals surface area contributed by atoms with Crippen molar-refractivity contribution in [3.8, 4) is 12.1 Å². The lowest BCUT2D eigenvalue weighted by molar-refractivity contribution is -0.128. The lowest BCUT2D eigenvalue weighted by atomic mass is 10.2. The van der Waals surface area contributed by atoms with Gasteiger partial charge in [-0.1, -0.05) is 42.1 Å². The first-order chi connectivity index (χ1) is 12.1. The third-order valence-electron chi connectivity index (χ3n) is 3.54. The Morgan fingerprint density at radius 3 is 2.52 bits per heavy atom. The number of anilines is 1. The summed E-state index contributed by atoms with van der Waals surface area (Å²) in [4.78, 5) is 18.3. The van der Waals surface area contributed by atoms with Crippen LogP contribution in [0.15, 0.2) is 41.4 Å². The molecule has 0 radical (unpaired) electrons. The minimum Gasteiger partial charge on any atom is -0.383 e. The van der Waals surface area contributed by atoms with Crippen LogP contribution in [0.2, 0.25) is 0 Å². The fourth-order valence-corrected chi connectivity index (χ4v) is 3.06. The summed E-state index contributed by atoms with van der Waals surface area (Å²) in [7, 11) is 0. The molecule has 1 aromatic carbocycles. The Bertz CT molecular complexity index is 839. The van der Waals surface area contributed by atoms with Gasteiger partial charge in [-0.3, -0.25) is 4.79 Å². The number of nitrogens with two attached hydrogens (primary N) is 1. The molecule has 126 valence electrons. The van der Waals surface area contributed by atoms with E-state index in [1.54, 1.807) is 4.90 Å². The van der Waals surface area contributed by atoms with Gasteiger partial charge in [-0.05, 0) is 18.6 Å². The average Bonchev–Trinajstić information content (AvgIpc) is 2.65. The van der Waals surface area contributed by atoms with E-state index in [1.807, 2.05) is 49.4 Å². The van der Waals surface area contributed by atoms with Gasteiger partial charge in [-0.25, -0.2) is 4.98 Å². The number of nitrogen functional groups attached to an aromatic ring is 1. The van der Waals surface area contributed by atoms with Crippen molar-refractivity contribution in [1.82, 2.24) is 9.88 Å². The lowest BCUT2D eigenvalue weighted by Crippen LogP contribution is -2.31. The van der Waals surface area contributed by atoms with Crippen LogP contribution in [0.5, 0.6) is 0 Å². The Morgan fingerprint density at radius 1 is 1.24 bits per heavy atom. The number of nitriles is 2. The van der Waals surface area contributed by atoms with E-state index in [1.165, 1.54) is 6.07 Å². The van der Waals surface area contributed by atoms with E-state index < -0.39 is 0 Å². The summed E-state index contributed by atoms with van der Waals surface area (Å²) in [5.74, 6) is 0.159. The highest BCUT2D eigenvalue weighted by Gasteiger charge is 2.16. The van der Waals surface area contributed by atoms with E-state index in [2.05, 4.69) is 4.98 Å². The Morgan fingerprint density at radius 2 is 1.92 bits per heavy atom. The van der Waals surface area contributed by atoms with Crippen molar-refractivity contribution in [2.24, 2.45) is 0 Å². The largest absolute Gasteiger partial charge is 0.383 e. The van der Waals surface area contributed by atoms with Crippen LogP contribution in [0.1, 0.15) is 23.6 Å². The van der Waals surface area contributed by atoms with E-state index >= 15 is 0 Å². The molecule has 0 aliphatic carbocycles. The molecule has 0 aliphatic heterocycles. The number of carbonyl (C=O) groups excluding carboxylic acids is 1. The summed E-state index contributed by atoms with van der Waals surface area (Å²) < 4.78 is 0. The molecule has 0 bridgehead atoms. The van der Waals surface area contributed by atoms with Gasteiger partial charge in [0.05, 0.1) is 16.9 Å². The molecule has 0 aliphatic rings. The van der Waals surface area contributed by atoms with Crippen molar-refractivity contribution in [3.05, 3.63) is 53.1 Å². The van der Waals surface area contributed by atoms with Gasteiger partial charge in [0.15, 0.2) is 0 Å². The van der Waals surface area contributed by atoms with Crippen molar-refractivity contribution in [2.45, 2.75) is 18.5 Å². The minimum absolute atomic E-state index is 0.0509. The van der Waals surface area contributed by atoms with E-state index in [0.717, 1.165) is 17.3 Å². The first-order valence-electron chi connectivity index (χ1n) is 7.64. The fraction of sp³-hybridized carbons (Fsp3) is 0.222. The summed E-state index contributed by atoms with van der Waals surface area (Å²) in [6.45, 7) is 3.04. The fourth-order valence-electron chi connectivity index (χ4n) is 2.19. The number of aromatic nitrogens is 1. The molecular weight excluding hydrogens is 334 g/mol. The minimum atomic E-state index is -0.0509. The smallest absolute Gasteiger partial charge is 0.233 e. The maximum Gasteiger partial charge on any atom is 0.233 e. The van der Waals surface area contributed by atoms with Gasteiger partial charge in [0.25, 0.3) is 0 Å². The highest BCUT2D eigenvalue weighted by molar-refractivity contribution is 8.00. The quantitative estimate of drug-likeness (QED) is 0.802. The molecule has 0 saturated heterocycles. The van der Waals surface area contributed by atoms with Crippen LogP contribution < -0.4 is 5.73 Å². The van der Waals surface area contributed by atoms with Gasteiger partial charge in [-0.15, -0.1) is 0 Å². The molecule has 1 amide bonds. The van der Waals surface area contributed by atoms with E-state index in [-0.39, 0.29) is 28.6 Å². The van der Waals surface area contributed by atoms with Crippen LogP contribution in [-0.4, -0.2) is 28.1 Å². The molecule has 25 heavy (non-hydrogen) atoms. The van der Waals surface area contributed by atoms with Crippen molar-refractivity contribution >= 4 is 23.5 Å². The molecule has 1 aromatic heterocycles. The Hall–Kier alpha value is -3.03. The summed E-state index contributed by atoms with van der Waals surface area (Å²) in [5, 5.41) is 18.5. The Kier molecular flexibility index (Phi) is 6.39. The summed E-state index contributed by atoms with van der Waals surface area (Å²) in [5.41, 5.74) is 7.16. The van der Waals surface area contributed by atoms with Crippen molar-refractivity contribution in [3.63, 3.8) is 0 Å². The van der Waals surface area contributed by atoms with Crippen LogP contribution in [0.25, 0.3) is 0 Å². The molecule has 2 aromatic rings. The zero-order valence-corrected chi connectivity index (χ0v) is 14.6. The molecule has 0 spiro atoms. The molecule has 1 heterocycles. The first kappa shape index (κ1) is 18.3. The number of carbonyl (C=O) groups is 1. The predicted molar refractivity (Wildman–Crippen MR) is 96.3 cm³/mol. The van der Waals surface area contributed by atoms with Gasteiger partial charge in [0.2, 0.25) is 5.91 Å². The van der Waals surface area contributed by atoms with Crippen LogP contribution in [0.4, 0.5) is 5.82 Å². The van der Waals surface area contributed by atoms with Gasteiger partial charge < -0.3 is 10.6 Å². The maximum atomic E-state index is 12.5. The number of hydrogen-bond donors (Lipinski definition) is 1. The third kappa shape index (κ3) is 4.72. The second kappa shape index (κ2) is 8.72. The maximum absolute atomic E-state index is 12.5. The van der Waals surface area contributed by atoms with Crippen molar-refractivity contribution in [2.75, 3.05) is 18.0 Å². The molecule has 0 atom stereocenters. The number of nitrogens with zero attached hydrogens (tertiary/aromatic N) is 4. The zero-order chi connectivity index (χ0) is 18.2. The number of thioether (sulfide) groups is 1. The molecule has 2 rings (SSSR count). The monoisotopic (exact) mass is 351 g/mol. The van der Waals surface area contributed by atoms with Crippen molar-refractivity contribution in [1.29, 1.82) is 10.5 Å². The average molecular weight is 351 g/mol. The molecular formula is C18H17N5OS. The molecule has 0 saturated carbocycles. The SMILES string of the molecule is CCN(Cc1ccccc1)C(=O)CSc1nc(N)c(C#N)cc1C#N. The lowest BCUT2D eigenvalue weighted by Gasteiger charge is -2.21. The van der Waals surface area contributed by atoms with E-state index in [4.69, 9.17) is 11.0 Å². The van der Waals surface area contributed by atoms with Crippen molar-refractivity contribution < 1.29 is 4.79 Å². The van der Waals surface area contributed by atoms with Gasteiger partial charge in [0.1, 0.15) is 23.0 Å². The Labute approximate surface area is 150 Å². The second-order valence-corrected chi connectivity index (χ2v) is 6.14. The van der Waals surface area contributed by atoms with Gasteiger partial charge >= 0.3 is 0 Å². The van der Waals surface area contributed by atoms with E-state index in [9.17, 15) is 10.1 Å². The summed E-state index contributed by atoms with van der Waals surface area (Å²) in [6.07, 6.45) is 0. The first-order valence-corrected chi connectivity index (χ1v) is 8.62. The molecule has 0 fully saturated rings. The topological polar surface area (TPSA) is 107 Å². The second-order valence-electron chi connectivity index (χ2n) is 5.18. The summed E-state index contributed by atoms with van der Waals surface area (Å²) >= 11 is 1.15. The molecule has 0 unspecified atom stereocenters. The van der Waals surface area contributed by atoms with Gasteiger partial charge in [-0.2, -0.15) is 10.5 Å². The Balaban J connectivity index is 2.07. The van der Waals surface area contributed by atoms with Crippen LogP contribution in [-0.2, 0) is 11.3 Å². The molecule has 7 heteroatoms. The number of rotatable bonds is 6. The van der Waals surface area contributed by atoms with Crippen LogP contribution in [0, 0.1) is 22.7 Å². The molecule has 6 nitrogen and oxygen atoms in total. The highest BCUT2D eigenvalue weighted by atomic mass is 32.2. The normalized spacial score (nSPS) is 9.88. The summed E-state index contributed by atoms with van der Waals surface area (Å²) in [6, 6.07) is 15.0. The number of benzene rings is 1. The van der Waals surface area contributed by atoms with Crippen LogP contribution >= 0.6 is 11.8 Å². The predicted octanol–water partition coefficient (Wildman–Crippen LogP) is 2.55. The molecule has 2 N–H and O–H groups in total. The number of amides is 1. The van der Waals surface area contributed by atoms with Crippen LogP contribution in [0.3, 0.4) is 0 Å².